The summed E-state index contributed by atoms with van der Waals surface area (Å²) in [5, 5.41) is 3.15. The Hall–Kier alpha value is -2.82. The highest BCUT2D eigenvalue weighted by Gasteiger charge is 2.28. The number of ether oxygens (including phenoxy) is 1. The minimum Gasteiger partial charge on any atom is -0.484 e. The van der Waals surface area contributed by atoms with E-state index in [-0.39, 0.29) is 24.5 Å². The van der Waals surface area contributed by atoms with Gasteiger partial charge in [0, 0.05) is 12.6 Å². The lowest BCUT2D eigenvalue weighted by Gasteiger charge is -2.31. The molecule has 1 aliphatic rings. The zero-order valence-corrected chi connectivity index (χ0v) is 17.8. The van der Waals surface area contributed by atoms with Crippen molar-refractivity contribution in [2.75, 3.05) is 13.2 Å². The molecule has 1 unspecified atom stereocenters. The summed E-state index contributed by atoms with van der Waals surface area (Å²) in [7, 11) is 0. The molecule has 30 heavy (non-hydrogen) atoms. The molecular weight excluding hydrogens is 376 g/mol. The van der Waals surface area contributed by atoms with Gasteiger partial charge in [0.2, 0.25) is 5.91 Å². The van der Waals surface area contributed by atoms with E-state index in [1.165, 1.54) is 6.42 Å². The van der Waals surface area contributed by atoms with Crippen molar-refractivity contribution in [1.82, 2.24) is 10.2 Å². The van der Waals surface area contributed by atoms with E-state index in [1.807, 2.05) is 67.6 Å². The van der Waals surface area contributed by atoms with Gasteiger partial charge in [0.15, 0.2) is 6.61 Å². The fourth-order valence-corrected chi connectivity index (χ4v) is 3.88. The number of carbonyl (C=O) groups is 2. The molecule has 0 aromatic heterocycles. The predicted molar refractivity (Wildman–Crippen MR) is 118 cm³/mol. The molecule has 0 aliphatic heterocycles. The second kappa shape index (κ2) is 11.4. The van der Waals surface area contributed by atoms with Gasteiger partial charge >= 0.3 is 0 Å². The summed E-state index contributed by atoms with van der Waals surface area (Å²) >= 11 is 0. The lowest BCUT2D eigenvalue weighted by atomic mass is 9.95. The average Bonchev–Trinajstić information content (AvgIpc) is 2.79. The van der Waals surface area contributed by atoms with Crippen molar-refractivity contribution in [2.24, 2.45) is 0 Å². The molecule has 1 N–H and O–H groups in total. The Bertz CT molecular complexity index is 789. The lowest BCUT2D eigenvalue weighted by molar-refractivity contribution is -0.141. The number of carbonyl (C=O) groups excluding carboxylic acids is 2. The van der Waals surface area contributed by atoms with E-state index < -0.39 is 6.04 Å². The monoisotopic (exact) mass is 408 g/mol. The predicted octanol–water partition coefficient (Wildman–Crippen LogP) is 3.97. The van der Waals surface area contributed by atoms with Gasteiger partial charge in [0.25, 0.3) is 5.91 Å². The van der Waals surface area contributed by atoms with Crippen molar-refractivity contribution in [2.45, 2.75) is 57.5 Å². The molecule has 0 heterocycles. The van der Waals surface area contributed by atoms with E-state index in [0.29, 0.717) is 18.7 Å². The van der Waals surface area contributed by atoms with E-state index in [1.54, 1.807) is 4.90 Å². The van der Waals surface area contributed by atoms with Crippen LogP contribution in [0.15, 0.2) is 60.7 Å². The number of hydrogen-bond donors (Lipinski definition) is 1. The van der Waals surface area contributed by atoms with E-state index in [0.717, 1.165) is 31.2 Å². The molecule has 5 heteroatoms. The highest BCUT2D eigenvalue weighted by Crippen LogP contribution is 2.18. The Morgan fingerprint density at radius 2 is 1.63 bits per heavy atom. The van der Waals surface area contributed by atoms with Gasteiger partial charge in [-0.3, -0.25) is 9.59 Å². The zero-order valence-electron chi connectivity index (χ0n) is 17.8. The Kier molecular flexibility index (Phi) is 8.30. The first-order chi connectivity index (χ1) is 14.6. The maximum absolute atomic E-state index is 13.0. The number of rotatable bonds is 9. The minimum atomic E-state index is -0.539. The second-order valence-corrected chi connectivity index (χ2v) is 7.94. The first-order valence-corrected chi connectivity index (χ1v) is 10.9. The van der Waals surface area contributed by atoms with Crippen LogP contribution in [0, 0.1) is 0 Å². The highest BCUT2D eigenvalue weighted by molar-refractivity contribution is 5.88. The summed E-state index contributed by atoms with van der Waals surface area (Å²) in [4.78, 5) is 27.5. The van der Waals surface area contributed by atoms with Crippen LogP contribution in [0.2, 0.25) is 0 Å². The average molecular weight is 409 g/mol. The number of amides is 2. The van der Waals surface area contributed by atoms with E-state index in [2.05, 4.69) is 5.32 Å². The van der Waals surface area contributed by atoms with Gasteiger partial charge in [0.1, 0.15) is 11.8 Å². The second-order valence-electron chi connectivity index (χ2n) is 7.94. The molecule has 2 aromatic rings. The van der Waals surface area contributed by atoms with Crippen molar-refractivity contribution >= 4 is 11.8 Å². The SMILES string of the molecule is CC(C(=O)NC1CCCCC1)N(CCc1ccccc1)C(=O)COc1ccccc1. The highest BCUT2D eigenvalue weighted by atomic mass is 16.5. The molecule has 3 rings (SSSR count). The standard InChI is InChI=1S/C25H32N2O3/c1-20(25(29)26-22-13-7-3-8-14-22)27(18-17-21-11-5-2-6-12-21)24(28)19-30-23-15-9-4-10-16-23/h2,4-6,9-12,15-16,20,22H,3,7-8,13-14,17-19H2,1H3,(H,26,29). The molecule has 1 saturated carbocycles. The van der Waals surface area contributed by atoms with Crippen LogP contribution < -0.4 is 10.1 Å². The van der Waals surface area contributed by atoms with Crippen LogP contribution >= 0.6 is 0 Å². The summed E-state index contributed by atoms with van der Waals surface area (Å²) in [6.07, 6.45) is 6.28. The summed E-state index contributed by atoms with van der Waals surface area (Å²) in [5.41, 5.74) is 1.14. The smallest absolute Gasteiger partial charge is 0.261 e. The Labute approximate surface area is 179 Å². The Morgan fingerprint density at radius 3 is 2.30 bits per heavy atom. The fourth-order valence-electron chi connectivity index (χ4n) is 3.88. The molecule has 1 fully saturated rings. The van der Waals surface area contributed by atoms with Gasteiger partial charge in [-0.2, -0.15) is 0 Å². The number of nitrogens with one attached hydrogen (secondary N) is 1. The molecule has 2 amide bonds. The Balaban J connectivity index is 1.63. The van der Waals surface area contributed by atoms with Crippen molar-refractivity contribution < 1.29 is 14.3 Å². The first kappa shape index (κ1) is 21.9. The number of nitrogens with zero attached hydrogens (tertiary/aromatic N) is 1. The lowest BCUT2D eigenvalue weighted by Crippen LogP contribution is -2.52. The number of hydrogen-bond acceptors (Lipinski definition) is 3. The van der Waals surface area contributed by atoms with Crippen molar-refractivity contribution in [3.8, 4) is 5.75 Å². The minimum absolute atomic E-state index is 0.0805. The summed E-state index contributed by atoms with van der Waals surface area (Å²) in [6, 6.07) is 19.0. The van der Waals surface area contributed by atoms with Gasteiger partial charge < -0.3 is 15.0 Å². The Morgan fingerprint density at radius 1 is 1.00 bits per heavy atom. The van der Waals surface area contributed by atoms with Crippen LogP contribution in [0.25, 0.3) is 0 Å². The third-order valence-electron chi connectivity index (χ3n) is 5.71. The third kappa shape index (κ3) is 6.61. The van der Waals surface area contributed by atoms with Crippen molar-refractivity contribution in [3.63, 3.8) is 0 Å². The normalized spacial score (nSPS) is 15.2. The molecular formula is C25H32N2O3. The van der Waals surface area contributed by atoms with E-state index in [4.69, 9.17) is 4.74 Å². The van der Waals surface area contributed by atoms with Crippen molar-refractivity contribution in [3.05, 3.63) is 66.2 Å². The first-order valence-electron chi connectivity index (χ1n) is 10.9. The molecule has 1 aliphatic carbocycles. The van der Waals surface area contributed by atoms with Crippen molar-refractivity contribution in [1.29, 1.82) is 0 Å². The fraction of sp³-hybridized carbons (Fsp3) is 0.440. The van der Waals surface area contributed by atoms with Gasteiger partial charge in [-0.25, -0.2) is 0 Å². The van der Waals surface area contributed by atoms with Crippen LogP contribution in [0.5, 0.6) is 5.75 Å². The molecule has 0 bridgehead atoms. The topological polar surface area (TPSA) is 58.6 Å². The summed E-state index contributed by atoms with van der Waals surface area (Å²) in [6.45, 7) is 2.20. The van der Waals surface area contributed by atoms with E-state index >= 15 is 0 Å². The van der Waals surface area contributed by atoms with Gasteiger partial charge in [-0.05, 0) is 43.9 Å². The molecule has 2 aromatic carbocycles. The van der Waals surface area contributed by atoms with Crippen LogP contribution in [-0.2, 0) is 16.0 Å². The van der Waals surface area contributed by atoms with Crippen LogP contribution in [0.4, 0.5) is 0 Å². The maximum Gasteiger partial charge on any atom is 0.261 e. The molecule has 160 valence electrons. The molecule has 0 radical (unpaired) electrons. The quantitative estimate of drug-likeness (QED) is 0.683. The summed E-state index contributed by atoms with van der Waals surface area (Å²) < 4.78 is 5.66. The molecule has 0 spiro atoms. The summed E-state index contributed by atoms with van der Waals surface area (Å²) in [5.74, 6) is 0.386. The zero-order chi connectivity index (χ0) is 21.2. The number of benzene rings is 2. The van der Waals surface area contributed by atoms with Gasteiger partial charge in [-0.1, -0.05) is 67.8 Å². The van der Waals surface area contributed by atoms with E-state index in [9.17, 15) is 9.59 Å². The molecule has 5 nitrogen and oxygen atoms in total. The van der Waals surface area contributed by atoms with Crippen LogP contribution in [0.3, 0.4) is 0 Å². The largest absolute Gasteiger partial charge is 0.484 e. The van der Waals surface area contributed by atoms with Gasteiger partial charge in [-0.15, -0.1) is 0 Å². The van der Waals surface area contributed by atoms with Gasteiger partial charge in [0.05, 0.1) is 0 Å². The number of para-hydroxylation sites is 1. The third-order valence-corrected chi connectivity index (χ3v) is 5.71. The van der Waals surface area contributed by atoms with Crippen LogP contribution in [-0.4, -0.2) is 41.9 Å². The van der Waals surface area contributed by atoms with Crippen LogP contribution in [0.1, 0.15) is 44.6 Å². The maximum atomic E-state index is 13.0. The molecule has 1 atom stereocenters. The molecule has 0 saturated heterocycles.